The van der Waals surface area contributed by atoms with Crippen LogP contribution in [0, 0.1) is 17.3 Å². The van der Waals surface area contributed by atoms with Gasteiger partial charge in [0, 0.05) is 11.8 Å². The molecule has 1 nitrogen and oxygen atoms in total. The van der Waals surface area contributed by atoms with Crippen LogP contribution >= 0.6 is 0 Å². The van der Waals surface area contributed by atoms with Crippen molar-refractivity contribution in [1.82, 2.24) is 0 Å². The highest BCUT2D eigenvalue weighted by Gasteiger charge is 2.04. The van der Waals surface area contributed by atoms with E-state index >= 15 is 0 Å². The Bertz CT molecular complexity index is 175. The SMILES string of the molecule is C=CCC(O)C#CC(C)(C)C. The first-order valence-corrected chi connectivity index (χ1v) is 3.77. The normalized spacial score (nSPS) is 13.1. The highest BCUT2D eigenvalue weighted by atomic mass is 16.3. The first-order chi connectivity index (χ1) is 4.95. The molecule has 0 aliphatic rings. The molecule has 1 atom stereocenters. The van der Waals surface area contributed by atoms with Gasteiger partial charge in [-0.15, -0.1) is 6.58 Å². The van der Waals surface area contributed by atoms with Crippen molar-refractivity contribution in [2.45, 2.75) is 33.3 Å². The van der Waals surface area contributed by atoms with Crippen molar-refractivity contribution >= 4 is 0 Å². The van der Waals surface area contributed by atoms with Gasteiger partial charge in [0.15, 0.2) is 0 Å². The van der Waals surface area contributed by atoms with Crippen molar-refractivity contribution < 1.29 is 5.11 Å². The van der Waals surface area contributed by atoms with Gasteiger partial charge in [-0.1, -0.05) is 17.9 Å². The predicted molar refractivity (Wildman–Crippen MR) is 48.1 cm³/mol. The van der Waals surface area contributed by atoms with Crippen molar-refractivity contribution in [2.75, 3.05) is 0 Å². The Kier molecular flexibility index (Phi) is 3.92. The molecule has 0 saturated heterocycles. The average Bonchev–Trinajstić information content (AvgIpc) is 1.83. The van der Waals surface area contributed by atoms with Crippen LogP contribution in [0.15, 0.2) is 12.7 Å². The largest absolute Gasteiger partial charge is 0.380 e. The van der Waals surface area contributed by atoms with Crippen LogP contribution < -0.4 is 0 Å². The van der Waals surface area contributed by atoms with E-state index in [1.807, 2.05) is 20.8 Å². The van der Waals surface area contributed by atoms with Crippen molar-refractivity contribution in [3.8, 4) is 11.8 Å². The standard InChI is InChI=1S/C10H16O/c1-5-6-9(11)7-8-10(2,3)4/h5,9,11H,1,6H2,2-4H3. The van der Waals surface area contributed by atoms with E-state index in [1.54, 1.807) is 6.08 Å². The Morgan fingerprint density at radius 3 is 2.45 bits per heavy atom. The molecular weight excluding hydrogens is 136 g/mol. The highest BCUT2D eigenvalue weighted by Crippen LogP contribution is 2.10. The second-order valence-electron chi connectivity index (χ2n) is 3.56. The first kappa shape index (κ1) is 10.3. The zero-order valence-corrected chi connectivity index (χ0v) is 7.52. The van der Waals surface area contributed by atoms with E-state index in [1.165, 1.54) is 0 Å². The summed E-state index contributed by atoms with van der Waals surface area (Å²) in [6.45, 7) is 9.56. The minimum Gasteiger partial charge on any atom is -0.380 e. The minimum atomic E-state index is -0.549. The Balaban J connectivity index is 3.96. The van der Waals surface area contributed by atoms with Crippen LogP contribution in [0.3, 0.4) is 0 Å². The summed E-state index contributed by atoms with van der Waals surface area (Å²) in [6.07, 6.45) is 1.66. The highest BCUT2D eigenvalue weighted by molar-refractivity contribution is 5.11. The second-order valence-corrected chi connectivity index (χ2v) is 3.56. The van der Waals surface area contributed by atoms with E-state index in [2.05, 4.69) is 18.4 Å². The van der Waals surface area contributed by atoms with Gasteiger partial charge in [0.05, 0.1) is 0 Å². The smallest absolute Gasteiger partial charge is 0.118 e. The molecule has 0 amide bonds. The molecule has 1 heteroatoms. The molecule has 0 spiro atoms. The molecule has 1 unspecified atom stereocenters. The Labute approximate surface area is 69.1 Å². The molecule has 0 heterocycles. The van der Waals surface area contributed by atoms with E-state index < -0.39 is 6.10 Å². The zero-order chi connectivity index (χ0) is 8.91. The third-order valence-electron chi connectivity index (χ3n) is 1.00. The van der Waals surface area contributed by atoms with Crippen LogP contribution in [0.5, 0.6) is 0 Å². The minimum absolute atomic E-state index is 0.0256. The van der Waals surface area contributed by atoms with Gasteiger partial charge < -0.3 is 5.11 Å². The summed E-state index contributed by atoms with van der Waals surface area (Å²) in [7, 11) is 0. The van der Waals surface area contributed by atoms with Crippen LogP contribution in [0.4, 0.5) is 0 Å². The summed E-state index contributed by atoms with van der Waals surface area (Å²) in [6, 6.07) is 0. The predicted octanol–water partition coefficient (Wildman–Crippen LogP) is 1.97. The number of hydrogen-bond donors (Lipinski definition) is 1. The lowest BCUT2D eigenvalue weighted by Crippen LogP contribution is -2.05. The fourth-order valence-corrected chi connectivity index (χ4v) is 0.517. The van der Waals surface area contributed by atoms with Crippen LogP contribution in [0.2, 0.25) is 0 Å². The van der Waals surface area contributed by atoms with Gasteiger partial charge >= 0.3 is 0 Å². The van der Waals surface area contributed by atoms with Crippen molar-refractivity contribution in [1.29, 1.82) is 0 Å². The van der Waals surface area contributed by atoms with Crippen LogP contribution in [0.1, 0.15) is 27.2 Å². The van der Waals surface area contributed by atoms with Gasteiger partial charge in [-0.05, 0) is 20.8 Å². The van der Waals surface area contributed by atoms with E-state index in [9.17, 15) is 0 Å². The Morgan fingerprint density at radius 2 is 2.09 bits per heavy atom. The second kappa shape index (κ2) is 4.20. The average molecular weight is 152 g/mol. The summed E-state index contributed by atoms with van der Waals surface area (Å²) in [4.78, 5) is 0. The number of rotatable bonds is 2. The molecule has 0 rings (SSSR count). The summed E-state index contributed by atoms with van der Waals surface area (Å²) >= 11 is 0. The molecule has 0 aliphatic heterocycles. The van der Waals surface area contributed by atoms with Gasteiger partial charge in [-0.25, -0.2) is 0 Å². The maximum absolute atomic E-state index is 9.17. The van der Waals surface area contributed by atoms with Gasteiger partial charge in [0.1, 0.15) is 6.10 Å². The number of aliphatic hydroxyl groups is 1. The quantitative estimate of drug-likeness (QED) is 0.474. The van der Waals surface area contributed by atoms with Crippen molar-refractivity contribution in [2.24, 2.45) is 5.41 Å². The van der Waals surface area contributed by atoms with E-state index in [0.717, 1.165) is 0 Å². The first-order valence-electron chi connectivity index (χ1n) is 3.77. The topological polar surface area (TPSA) is 20.2 Å². The monoisotopic (exact) mass is 152 g/mol. The maximum atomic E-state index is 9.17. The molecule has 0 aromatic carbocycles. The molecule has 0 aliphatic carbocycles. The van der Waals surface area contributed by atoms with Crippen molar-refractivity contribution in [3.63, 3.8) is 0 Å². The van der Waals surface area contributed by atoms with Gasteiger partial charge in [-0.2, -0.15) is 0 Å². The molecule has 1 N–H and O–H groups in total. The molecule has 0 radical (unpaired) electrons. The molecule has 0 saturated carbocycles. The molecule has 0 bridgehead atoms. The lowest BCUT2D eigenvalue weighted by atomic mass is 9.97. The molecule has 11 heavy (non-hydrogen) atoms. The lowest BCUT2D eigenvalue weighted by Gasteiger charge is -2.07. The zero-order valence-electron chi connectivity index (χ0n) is 7.52. The summed E-state index contributed by atoms with van der Waals surface area (Å²) in [5.74, 6) is 5.72. The Morgan fingerprint density at radius 1 is 1.55 bits per heavy atom. The molecular formula is C10H16O. The number of hydrogen-bond acceptors (Lipinski definition) is 1. The fraction of sp³-hybridized carbons (Fsp3) is 0.600. The Hall–Kier alpha value is -0.740. The summed E-state index contributed by atoms with van der Waals surface area (Å²) < 4.78 is 0. The molecule has 0 aromatic heterocycles. The maximum Gasteiger partial charge on any atom is 0.118 e. The molecule has 0 fully saturated rings. The summed E-state index contributed by atoms with van der Waals surface area (Å²) in [5, 5.41) is 9.17. The van der Waals surface area contributed by atoms with E-state index in [4.69, 9.17) is 5.11 Å². The van der Waals surface area contributed by atoms with E-state index in [-0.39, 0.29) is 5.41 Å². The summed E-state index contributed by atoms with van der Waals surface area (Å²) in [5.41, 5.74) is -0.0256. The van der Waals surface area contributed by atoms with E-state index in [0.29, 0.717) is 6.42 Å². The van der Waals surface area contributed by atoms with Gasteiger partial charge in [-0.3, -0.25) is 0 Å². The fourth-order valence-electron chi connectivity index (χ4n) is 0.517. The molecule has 0 aromatic rings. The third kappa shape index (κ3) is 7.15. The van der Waals surface area contributed by atoms with Crippen LogP contribution in [-0.4, -0.2) is 11.2 Å². The third-order valence-corrected chi connectivity index (χ3v) is 1.00. The van der Waals surface area contributed by atoms with Crippen LogP contribution in [-0.2, 0) is 0 Å². The van der Waals surface area contributed by atoms with Gasteiger partial charge in [0.2, 0.25) is 0 Å². The molecule has 62 valence electrons. The van der Waals surface area contributed by atoms with Gasteiger partial charge in [0.25, 0.3) is 0 Å². The number of aliphatic hydroxyl groups excluding tert-OH is 1. The lowest BCUT2D eigenvalue weighted by molar-refractivity contribution is 0.236. The van der Waals surface area contributed by atoms with Crippen molar-refractivity contribution in [3.05, 3.63) is 12.7 Å². The van der Waals surface area contributed by atoms with Crippen LogP contribution in [0.25, 0.3) is 0 Å².